The third-order valence-corrected chi connectivity index (χ3v) is 3.62. The first kappa shape index (κ1) is 17.5. The Hall–Kier alpha value is -2.82. The Morgan fingerprint density at radius 3 is 2.42 bits per heavy atom. The summed E-state index contributed by atoms with van der Waals surface area (Å²) in [4.78, 5) is 23.0. The third kappa shape index (κ3) is 4.84. The molecule has 0 fully saturated rings. The van der Waals surface area contributed by atoms with Gasteiger partial charge in [0.25, 0.3) is 0 Å². The summed E-state index contributed by atoms with van der Waals surface area (Å²) < 4.78 is 5.38. The number of carboxylic acid groups (broad SMARTS) is 1. The van der Waals surface area contributed by atoms with Gasteiger partial charge < -0.3 is 15.2 Å². The van der Waals surface area contributed by atoms with Crippen molar-refractivity contribution in [1.82, 2.24) is 0 Å². The maximum Gasteiger partial charge on any atom is 0.335 e. The number of hydrogen-bond acceptors (Lipinski definition) is 3. The monoisotopic (exact) mass is 327 g/mol. The average Bonchev–Trinajstić information content (AvgIpc) is 2.54. The lowest BCUT2D eigenvalue weighted by atomic mass is 10.1. The first-order chi connectivity index (χ1) is 11.5. The Kier molecular flexibility index (Phi) is 5.95. The SMILES string of the molecule is CCOc1ccc(CCC(=O)Nc2ccc(C(=O)O)c(C)c2)cc1. The number of nitrogens with one attached hydrogen (secondary N) is 1. The molecule has 1 amide bonds. The van der Waals surface area contributed by atoms with Crippen LogP contribution in [0, 0.1) is 6.92 Å². The molecule has 2 N–H and O–H groups in total. The van der Waals surface area contributed by atoms with Gasteiger partial charge >= 0.3 is 5.97 Å². The molecule has 5 nitrogen and oxygen atoms in total. The van der Waals surface area contributed by atoms with Crippen molar-refractivity contribution in [3.63, 3.8) is 0 Å². The summed E-state index contributed by atoms with van der Waals surface area (Å²) in [7, 11) is 0. The number of aromatic carboxylic acids is 1. The van der Waals surface area contributed by atoms with E-state index in [0.717, 1.165) is 11.3 Å². The highest BCUT2D eigenvalue weighted by Crippen LogP contribution is 2.16. The first-order valence-electron chi connectivity index (χ1n) is 7.85. The Labute approximate surface area is 141 Å². The summed E-state index contributed by atoms with van der Waals surface area (Å²) in [5.41, 5.74) is 2.52. The predicted molar refractivity (Wildman–Crippen MR) is 92.7 cm³/mol. The smallest absolute Gasteiger partial charge is 0.335 e. The minimum absolute atomic E-state index is 0.105. The van der Waals surface area contributed by atoms with Crippen LogP contribution >= 0.6 is 0 Å². The third-order valence-electron chi connectivity index (χ3n) is 3.62. The number of hydrogen-bond donors (Lipinski definition) is 2. The van der Waals surface area contributed by atoms with E-state index >= 15 is 0 Å². The fourth-order valence-electron chi connectivity index (χ4n) is 2.38. The summed E-state index contributed by atoms with van der Waals surface area (Å²) in [6.45, 7) is 4.27. The van der Waals surface area contributed by atoms with Crippen LogP contribution < -0.4 is 10.1 Å². The lowest BCUT2D eigenvalue weighted by molar-refractivity contribution is -0.116. The molecule has 0 aromatic heterocycles. The summed E-state index contributed by atoms with van der Waals surface area (Å²) in [6, 6.07) is 12.5. The van der Waals surface area contributed by atoms with Gasteiger partial charge in [-0.05, 0) is 61.7 Å². The number of rotatable bonds is 7. The van der Waals surface area contributed by atoms with Crippen LogP contribution in [0.2, 0.25) is 0 Å². The number of carboxylic acids is 1. The van der Waals surface area contributed by atoms with E-state index in [1.54, 1.807) is 19.1 Å². The van der Waals surface area contributed by atoms with Crippen LogP contribution in [0.25, 0.3) is 0 Å². The largest absolute Gasteiger partial charge is 0.494 e. The fourth-order valence-corrected chi connectivity index (χ4v) is 2.38. The lowest BCUT2D eigenvalue weighted by Crippen LogP contribution is -2.13. The number of carbonyl (C=O) groups excluding carboxylic acids is 1. The van der Waals surface area contributed by atoms with Gasteiger partial charge in [-0.2, -0.15) is 0 Å². The predicted octanol–water partition coefficient (Wildman–Crippen LogP) is 3.66. The van der Waals surface area contributed by atoms with Crippen LogP contribution in [0.3, 0.4) is 0 Å². The number of carbonyl (C=O) groups is 2. The topological polar surface area (TPSA) is 75.6 Å². The van der Waals surface area contributed by atoms with Gasteiger partial charge in [0.2, 0.25) is 5.91 Å². The second-order valence-corrected chi connectivity index (χ2v) is 5.46. The van der Waals surface area contributed by atoms with Crippen molar-refractivity contribution in [1.29, 1.82) is 0 Å². The van der Waals surface area contributed by atoms with Gasteiger partial charge in [0.1, 0.15) is 5.75 Å². The zero-order chi connectivity index (χ0) is 17.5. The molecule has 0 aliphatic heterocycles. The Morgan fingerprint density at radius 2 is 1.83 bits per heavy atom. The molecule has 0 aliphatic rings. The average molecular weight is 327 g/mol. The lowest BCUT2D eigenvalue weighted by Gasteiger charge is -2.08. The molecule has 0 radical (unpaired) electrons. The second kappa shape index (κ2) is 8.15. The minimum atomic E-state index is -0.971. The Morgan fingerprint density at radius 1 is 1.12 bits per heavy atom. The van der Waals surface area contributed by atoms with Crippen LogP contribution in [0.1, 0.15) is 34.8 Å². The molecule has 0 unspecified atom stereocenters. The van der Waals surface area contributed by atoms with E-state index in [1.165, 1.54) is 6.07 Å². The number of ether oxygens (including phenoxy) is 1. The van der Waals surface area contributed by atoms with Gasteiger partial charge in [-0.25, -0.2) is 4.79 Å². The van der Waals surface area contributed by atoms with Crippen molar-refractivity contribution in [3.8, 4) is 5.75 Å². The molecule has 2 rings (SSSR count). The van der Waals surface area contributed by atoms with Gasteiger partial charge in [-0.1, -0.05) is 12.1 Å². The molecule has 2 aromatic carbocycles. The molecule has 0 saturated heterocycles. The summed E-state index contributed by atoms with van der Waals surface area (Å²) in [6.07, 6.45) is 0.984. The molecule has 0 atom stereocenters. The zero-order valence-electron chi connectivity index (χ0n) is 13.8. The minimum Gasteiger partial charge on any atom is -0.494 e. The molecule has 0 bridgehead atoms. The van der Waals surface area contributed by atoms with Crippen molar-refractivity contribution in [2.45, 2.75) is 26.7 Å². The molecule has 126 valence electrons. The van der Waals surface area contributed by atoms with Crippen LogP contribution in [-0.4, -0.2) is 23.6 Å². The van der Waals surface area contributed by atoms with Gasteiger partial charge in [-0.15, -0.1) is 0 Å². The van der Waals surface area contributed by atoms with Crippen molar-refractivity contribution in [3.05, 3.63) is 59.2 Å². The maximum absolute atomic E-state index is 12.0. The fraction of sp³-hybridized carbons (Fsp3) is 0.263. The highest BCUT2D eigenvalue weighted by atomic mass is 16.5. The Bertz CT molecular complexity index is 723. The van der Waals surface area contributed by atoms with Crippen molar-refractivity contribution in [2.75, 3.05) is 11.9 Å². The molecule has 0 saturated carbocycles. The van der Waals surface area contributed by atoms with Crippen molar-refractivity contribution < 1.29 is 19.4 Å². The van der Waals surface area contributed by atoms with Crippen LogP contribution in [0.4, 0.5) is 5.69 Å². The van der Waals surface area contributed by atoms with E-state index in [1.807, 2.05) is 31.2 Å². The highest BCUT2D eigenvalue weighted by molar-refractivity contribution is 5.93. The van der Waals surface area contributed by atoms with Gasteiger partial charge in [-0.3, -0.25) is 4.79 Å². The highest BCUT2D eigenvalue weighted by Gasteiger charge is 2.09. The standard InChI is InChI=1S/C19H21NO4/c1-3-24-16-8-4-14(5-9-16)6-11-18(21)20-15-7-10-17(19(22)23)13(2)12-15/h4-5,7-10,12H,3,6,11H2,1-2H3,(H,20,21)(H,22,23). The molecule has 2 aromatic rings. The van der Waals surface area contributed by atoms with Crippen molar-refractivity contribution in [2.24, 2.45) is 0 Å². The Balaban J connectivity index is 1.89. The molecule has 0 heterocycles. The molecule has 0 aliphatic carbocycles. The first-order valence-corrected chi connectivity index (χ1v) is 7.85. The number of benzene rings is 2. The van der Waals surface area contributed by atoms with Crippen LogP contribution in [0.15, 0.2) is 42.5 Å². The molecular weight excluding hydrogens is 306 g/mol. The van der Waals surface area contributed by atoms with Crippen LogP contribution in [-0.2, 0) is 11.2 Å². The molecule has 0 spiro atoms. The molecular formula is C19H21NO4. The number of anilines is 1. The normalized spacial score (nSPS) is 10.2. The van der Waals surface area contributed by atoms with Gasteiger partial charge in [0.15, 0.2) is 0 Å². The van der Waals surface area contributed by atoms with Gasteiger partial charge in [0.05, 0.1) is 12.2 Å². The van der Waals surface area contributed by atoms with E-state index in [4.69, 9.17) is 9.84 Å². The number of aryl methyl sites for hydroxylation is 2. The van der Waals surface area contributed by atoms with E-state index in [-0.39, 0.29) is 11.5 Å². The summed E-state index contributed by atoms with van der Waals surface area (Å²) >= 11 is 0. The second-order valence-electron chi connectivity index (χ2n) is 5.46. The molecule has 5 heteroatoms. The van der Waals surface area contributed by atoms with E-state index in [9.17, 15) is 9.59 Å². The van der Waals surface area contributed by atoms with Crippen LogP contribution in [0.5, 0.6) is 5.75 Å². The zero-order valence-corrected chi connectivity index (χ0v) is 13.8. The van der Waals surface area contributed by atoms with E-state index in [0.29, 0.717) is 30.7 Å². The van der Waals surface area contributed by atoms with Gasteiger partial charge in [0, 0.05) is 12.1 Å². The quantitative estimate of drug-likeness (QED) is 0.813. The van der Waals surface area contributed by atoms with E-state index < -0.39 is 5.97 Å². The number of amides is 1. The summed E-state index contributed by atoms with van der Waals surface area (Å²) in [5, 5.41) is 11.8. The maximum atomic E-state index is 12.0. The molecule has 24 heavy (non-hydrogen) atoms. The van der Waals surface area contributed by atoms with Crippen molar-refractivity contribution >= 4 is 17.6 Å². The van der Waals surface area contributed by atoms with E-state index in [2.05, 4.69) is 5.32 Å². The summed E-state index contributed by atoms with van der Waals surface area (Å²) in [5.74, 6) is -0.257.